The van der Waals surface area contributed by atoms with E-state index in [0.717, 1.165) is 62.3 Å². The lowest BCUT2D eigenvalue weighted by Gasteiger charge is -2.52. The Kier molecular flexibility index (Phi) is 5.99. The number of amides is 1. The lowest BCUT2D eigenvalue weighted by molar-refractivity contribution is -0.142. The van der Waals surface area contributed by atoms with Gasteiger partial charge >= 0.3 is 0 Å². The van der Waals surface area contributed by atoms with Gasteiger partial charge in [-0.05, 0) is 70.4 Å². The first-order valence-corrected chi connectivity index (χ1v) is 14.9. The van der Waals surface area contributed by atoms with Crippen LogP contribution >= 0.6 is 0 Å². The van der Waals surface area contributed by atoms with Crippen molar-refractivity contribution in [2.24, 2.45) is 18.4 Å². The summed E-state index contributed by atoms with van der Waals surface area (Å²) >= 11 is 0. The number of aryl methyl sites for hydroxylation is 3. The minimum atomic E-state index is 0.322. The molecule has 0 radical (unpaired) electrons. The normalized spacial score (nSPS) is 27.8. The Morgan fingerprint density at radius 1 is 1.08 bits per heavy atom. The van der Waals surface area contributed by atoms with Gasteiger partial charge in [0.25, 0.3) is 0 Å². The van der Waals surface area contributed by atoms with Gasteiger partial charge in [0.1, 0.15) is 0 Å². The maximum absolute atomic E-state index is 12.9. The predicted molar refractivity (Wildman–Crippen MR) is 152 cm³/mol. The Balaban J connectivity index is 1.11. The third-order valence-electron chi connectivity index (χ3n) is 10.3. The van der Waals surface area contributed by atoms with Gasteiger partial charge in [0, 0.05) is 69.2 Å². The molecule has 39 heavy (non-hydrogen) atoms. The van der Waals surface area contributed by atoms with Crippen LogP contribution in [0.25, 0.3) is 11.0 Å². The van der Waals surface area contributed by atoms with Crippen LogP contribution in [0.1, 0.15) is 61.2 Å². The van der Waals surface area contributed by atoms with Crippen LogP contribution in [0, 0.1) is 25.2 Å². The summed E-state index contributed by atoms with van der Waals surface area (Å²) in [4.78, 5) is 24.5. The summed E-state index contributed by atoms with van der Waals surface area (Å²) in [5, 5.41) is 10.8. The van der Waals surface area contributed by atoms with Crippen molar-refractivity contribution in [2.45, 2.75) is 77.9 Å². The van der Waals surface area contributed by atoms with Crippen molar-refractivity contribution in [3.05, 3.63) is 34.9 Å². The summed E-state index contributed by atoms with van der Waals surface area (Å²) in [6, 6.07) is 2.65. The fourth-order valence-corrected chi connectivity index (χ4v) is 8.33. The van der Waals surface area contributed by atoms with Crippen molar-refractivity contribution >= 4 is 22.6 Å². The van der Waals surface area contributed by atoms with Crippen molar-refractivity contribution in [3.8, 4) is 0 Å². The van der Waals surface area contributed by atoms with Crippen LogP contribution in [-0.2, 0) is 31.4 Å². The van der Waals surface area contributed by atoms with Gasteiger partial charge in [-0.15, -0.1) is 0 Å². The summed E-state index contributed by atoms with van der Waals surface area (Å²) in [6.07, 6.45) is 10.4. The highest BCUT2D eigenvalue weighted by atomic mass is 16.2. The highest BCUT2D eigenvalue weighted by Gasteiger charge is 2.47. The number of piperazine rings is 1. The number of hydrogen-bond donors (Lipinski definition) is 0. The molecule has 208 valence electrons. The van der Waals surface area contributed by atoms with E-state index in [4.69, 9.17) is 10.1 Å². The van der Waals surface area contributed by atoms with E-state index in [1.807, 2.05) is 17.9 Å². The fraction of sp³-hybridized carbons (Fsp3) is 0.667. The number of hydrogen-bond acceptors (Lipinski definition) is 6. The van der Waals surface area contributed by atoms with E-state index in [-0.39, 0.29) is 0 Å². The average molecular weight is 531 g/mol. The molecule has 9 heteroatoms. The molecule has 2 aliphatic carbocycles. The molecule has 7 rings (SSSR count). The third kappa shape index (κ3) is 4.24. The summed E-state index contributed by atoms with van der Waals surface area (Å²) in [5.41, 5.74) is 7.53. The van der Waals surface area contributed by atoms with E-state index in [9.17, 15) is 4.79 Å². The molecule has 3 aromatic rings. The maximum Gasteiger partial charge on any atom is 0.237 e. The minimum Gasteiger partial charge on any atom is -0.366 e. The molecule has 3 aromatic heterocycles. The monoisotopic (exact) mass is 530 g/mol. The molecule has 2 bridgehead atoms. The predicted octanol–water partition coefficient (Wildman–Crippen LogP) is 3.46. The molecule has 0 spiro atoms. The van der Waals surface area contributed by atoms with Crippen molar-refractivity contribution in [1.82, 2.24) is 34.3 Å². The van der Waals surface area contributed by atoms with Gasteiger partial charge in [0.2, 0.25) is 5.91 Å². The molecule has 3 atom stereocenters. The molecule has 5 heterocycles. The highest BCUT2D eigenvalue weighted by molar-refractivity contribution is 5.89. The SMILES string of the molecule is Cc1cc(N2CCc3c(c(C)nn3CC34CCCC(C3)C(N3CCN(C)CC3=O)CC4)C2)c2cnn(C)c2n1. The summed E-state index contributed by atoms with van der Waals surface area (Å²) in [6.45, 7) is 9.63. The topological polar surface area (TPSA) is 75.3 Å². The maximum atomic E-state index is 12.9. The number of fused-ring (bicyclic) bond motifs is 4. The number of anilines is 1. The second-order valence-electron chi connectivity index (χ2n) is 12.9. The number of aromatic nitrogens is 5. The standard InChI is InChI=1S/C30H42N8O/c1-20-14-27(23-16-31-35(4)29(23)32-20)36-11-8-26-24(17-36)21(2)33-38(26)19-30-9-5-6-22(15-30)25(7-10-30)37-13-12-34(3)18-28(37)39/h14,16,22,25H,5-13,15,17-19H2,1-4H3. The first kappa shape index (κ1) is 25.1. The van der Waals surface area contributed by atoms with E-state index < -0.39 is 0 Å². The first-order valence-electron chi connectivity index (χ1n) is 14.9. The molecule has 1 saturated heterocycles. The zero-order chi connectivity index (χ0) is 26.9. The number of carbonyl (C=O) groups excluding carboxylic acids is 1. The molecule has 2 saturated carbocycles. The number of nitrogens with zero attached hydrogens (tertiary/aromatic N) is 8. The van der Waals surface area contributed by atoms with Gasteiger partial charge in [-0.25, -0.2) is 4.98 Å². The summed E-state index contributed by atoms with van der Waals surface area (Å²) < 4.78 is 4.26. The van der Waals surface area contributed by atoms with Crippen LogP contribution in [-0.4, -0.2) is 79.5 Å². The molecule has 0 aromatic carbocycles. The Morgan fingerprint density at radius 2 is 1.95 bits per heavy atom. The van der Waals surface area contributed by atoms with Gasteiger partial charge in [0.15, 0.2) is 5.65 Å². The average Bonchev–Trinajstić information content (AvgIpc) is 3.43. The molecule has 0 N–H and O–H groups in total. The molecule has 1 amide bonds. The Hall–Kier alpha value is -2.94. The minimum absolute atomic E-state index is 0.322. The Bertz CT molecular complexity index is 1420. The summed E-state index contributed by atoms with van der Waals surface area (Å²) in [5.74, 6) is 0.973. The smallest absolute Gasteiger partial charge is 0.237 e. The van der Waals surface area contributed by atoms with Gasteiger partial charge in [-0.2, -0.15) is 10.2 Å². The number of rotatable bonds is 4. The third-order valence-corrected chi connectivity index (χ3v) is 10.3. The Labute approximate surface area is 231 Å². The van der Waals surface area contributed by atoms with Crippen LogP contribution in [0.2, 0.25) is 0 Å². The van der Waals surface area contributed by atoms with E-state index in [2.05, 4.69) is 51.4 Å². The molecule has 3 fully saturated rings. The van der Waals surface area contributed by atoms with Gasteiger partial charge in [-0.3, -0.25) is 19.1 Å². The lowest BCUT2D eigenvalue weighted by Crippen LogP contribution is -2.57. The number of pyridine rings is 1. The second kappa shape index (κ2) is 9.32. The number of likely N-dealkylation sites (N-methyl/N-ethyl adjacent to an activating group) is 1. The van der Waals surface area contributed by atoms with E-state index in [0.29, 0.717) is 29.8 Å². The molecule has 9 nitrogen and oxygen atoms in total. The summed E-state index contributed by atoms with van der Waals surface area (Å²) in [7, 11) is 4.03. The second-order valence-corrected chi connectivity index (χ2v) is 12.9. The largest absolute Gasteiger partial charge is 0.366 e. The van der Waals surface area contributed by atoms with E-state index in [1.54, 1.807) is 0 Å². The van der Waals surface area contributed by atoms with E-state index >= 15 is 0 Å². The lowest BCUT2D eigenvalue weighted by atomic mass is 9.60. The van der Waals surface area contributed by atoms with Gasteiger partial charge < -0.3 is 9.80 Å². The van der Waals surface area contributed by atoms with Gasteiger partial charge in [-0.1, -0.05) is 6.42 Å². The zero-order valence-corrected chi connectivity index (χ0v) is 24.0. The van der Waals surface area contributed by atoms with Crippen LogP contribution in [0.5, 0.6) is 0 Å². The molecular weight excluding hydrogens is 488 g/mol. The van der Waals surface area contributed by atoms with Crippen LogP contribution in [0.15, 0.2) is 12.3 Å². The van der Waals surface area contributed by atoms with Crippen molar-refractivity contribution in [3.63, 3.8) is 0 Å². The van der Waals surface area contributed by atoms with Gasteiger partial charge in [0.05, 0.1) is 29.5 Å². The van der Waals surface area contributed by atoms with Crippen LogP contribution < -0.4 is 4.90 Å². The zero-order valence-electron chi connectivity index (χ0n) is 24.0. The van der Waals surface area contributed by atoms with Crippen molar-refractivity contribution in [2.75, 3.05) is 38.1 Å². The quantitative estimate of drug-likeness (QED) is 0.514. The highest BCUT2D eigenvalue weighted by Crippen LogP contribution is 2.51. The van der Waals surface area contributed by atoms with Crippen LogP contribution in [0.3, 0.4) is 0 Å². The van der Waals surface area contributed by atoms with Crippen LogP contribution in [0.4, 0.5) is 5.69 Å². The molecule has 2 aliphatic heterocycles. The molecule has 3 unspecified atom stereocenters. The van der Waals surface area contributed by atoms with Crippen molar-refractivity contribution < 1.29 is 4.79 Å². The Morgan fingerprint density at radius 3 is 2.79 bits per heavy atom. The first-order chi connectivity index (χ1) is 18.8. The number of carbonyl (C=O) groups is 1. The van der Waals surface area contributed by atoms with Crippen molar-refractivity contribution in [1.29, 1.82) is 0 Å². The van der Waals surface area contributed by atoms with E-state index in [1.165, 1.54) is 54.7 Å². The fourth-order valence-electron chi connectivity index (χ4n) is 8.33. The molecule has 4 aliphatic rings. The molecular formula is C30H42N8O.